The van der Waals surface area contributed by atoms with Gasteiger partial charge in [0.15, 0.2) is 0 Å². The van der Waals surface area contributed by atoms with Gasteiger partial charge in [-0.2, -0.15) is 0 Å². The number of carbonyl (C=O) groups excluding carboxylic acids is 2. The number of rotatable bonds is 10. The standard InChI is InChI=1S/C23H35N3O4S/c1-3-13-26(14-4-2)21(27)12-7-15-31(29,30)25-23(28)24-22-19-10-5-8-17(19)16-18-9-6-11-20(18)22/h16H,3-15H2,1-2H3,(H2,24,25,28). The van der Waals surface area contributed by atoms with Gasteiger partial charge in [-0.1, -0.05) is 19.9 Å². The summed E-state index contributed by atoms with van der Waals surface area (Å²) >= 11 is 0. The number of amides is 3. The number of urea groups is 1. The lowest BCUT2D eigenvalue weighted by atomic mass is 9.99. The Bertz CT molecular complexity index is 889. The summed E-state index contributed by atoms with van der Waals surface area (Å²) in [6.45, 7) is 5.40. The highest BCUT2D eigenvalue weighted by Crippen LogP contribution is 2.38. The van der Waals surface area contributed by atoms with Gasteiger partial charge in [0.25, 0.3) is 0 Å². The summed E-state index contributed by atoms with van der Waals surface area (Å²) in [7, 11) is -3.81. The third-order valence-corrected chi connectivity index (χ3v) is 7.43. The van der Waals surface area contributed by atoms with Gasteiger partial charge in [-0.25, -0.2) is 17.9 Å². The molecule has 0 bridgehead atoms. The van der Waals surface area contributed by atoms with Crippen molar-refractivity contribution in [1.29, 1.82) is 0 Å². The van der Waals surface area contributed by atoms with Crippen LogP contribution in [-0.4, -0.2) is 44.1 Å². The molecule has 31 heavy (non-hydrogen) atoms. The van der Waals surface area contributed by atoms with E-state index in [-0.39, 0.29) is 24.5 Å². The van der Waals surface area contributed by atoms with Crippen LogP contribution < -0.4 is 10.0 Å². The Morgan fingerprint density at radius 2 is 1.55 bits per heavy atom. The molecule has 1 aromatic carbocycles. The zero-order chi connectivity index (χ0) is 22.4. The van der Waals surface area contributed by atoms with Crippen LogP contribution >= 0.6 is 0 Å². The molecule has 0 spiro atoms. The van der Waals surface area contributed by atoms with E-state index < -0.39 is 16.1 Å². The monoisotopic (exact) mass is 449 g/mol. The summed E-state index contributed by atoms with van der Waals surface area (Å²) in [6, 6.07) is 1.56. The van der Waals surface area contributed by atoms with E-state index in [1.807, 2.05) is 13.8 Å². The third kappa shape index (κ3) is 5.99. The highest BCUT2D eigenvalue weighted by atomic mass is 32.2. The summed E-state index contributed by atoms with van der Waals surface area (Å²) in [5.41, 5.74) is 5.69. The molecule has 7 nitrogen and oxygen atoms in total. The highest BCUT2D eigenvalue weighted by Gasteiger charge is 2.26. The largest absolute Gasteiger partial charge is 0.343 e. The second-order valence-corrected chi connectivity index (χ2v) is 10.4. The fraction of sp³-hybridized carbons (Fsp3) is 0.652. The van der Waals surface area contributed by atoms with Gasteiger partial charge in [0.05, 0.1) is 5.75 Å². The van der Waals surface area contributed by atoms with E-state index in [0.717, 1.165) is 68.2 Å². The third-order valence-electron chi connectivity index (χ3n) is 6.10. The molecule has 0 aliphatic heterocycles. The van der Waals surface area contributed by atoms with Crippen molar-refractivity contribution in [3.8, 4) is 0 Å². The predicted octanol–water partition coefficient (Wildman–Crippen LogP) is 3.54. The molecular weight excluding hydrogens is 414 g/mol. The normalized spacial score (nSPS) is 14.8. The SMILES string of the molecule is CCCN(CCC)C(=O)CCCS(=O)(=O)NC(=O)Nc1c2c(cc3c1CCC3)CCC2. The van der Waals surface area contributed by atoms with E-state index in [1.165, 1.54) is 11.1 Å². The molecule has 0 fully saturated rings. The minimum Gasteiger partial charge on any atom is -0.343 e. The summed E-state index contributed by atoms with van der Waals surface area (Å²) in [6.07, 6.45) is 8.10. The van der Waals surface area contributed by atoms with E-state index >= 15 is 0 Å². The first-order valence-corrected chi connectivity index (χ1v) is 13.3. The van der Waals surface area contributed by atoms with Crippen LogP contribution in [0.15, 0.2) is 6.07 Å². The van der Waals surface area contributed by atoms with Crippen LogP contribution in [0.1, 0.15) is 74.6 Å². The number of aryl methyl sites for hydroxylation is 2. The van der Waals surface area contributed by atoms with Crippen LogP contribution in [0.2, 0.25) is 0 Å². The molecule has 0 radical (unpaired) electrons. The molecule has 0 heterocycles. The number of benzene rings is 1. The summed E-state index contributed by atoms with van der Waals surface area (Å²) < 4.78 is 26.9. The fourth-order valence-corrected chi connectivity index (χ4v) is 5.73. The van der Waals surface area contributed by atoms with Gasteiger partial charge in [0.2, 0.25) is 15.9 Å². The van der Waals surface area contributed by atoms with Crippen molar-refractivity contribution in [1.82, 2.24) is 9.62 Å². The maximum Gasteiger partial charge on any atom is 0.332 e. The van der Waals surface area contributed by atoms with Gasteiger partial charge >= 0.3 is 6.03 Å². The van der Waals surface area contributed by atoms with Crippen molar-refractivity contribution in [2.24, 2.45) is 0 Å². The van der Waals surface area contributed by atoms with Gasteiger partial charge in [-0.05, 0) is 80.0 Å². The minimum atomic E-state index is -3.81. The second-order valence-electron chi connectivity index (χ2n) is 8.59. The van der Waals surface area contributed by atoms with E-state index in [1.54, 1.807) is 4.90 Å². The fourth-order valence-electron chi connectivity index (χ4n) is 4.77. The average Bonchev–Trinajstić information content (AvgIpc) is 3.36. The zero-order valence-electron chi connectivity index (χ0n) is 18.8. The minimum absolute atomic E-state index is 0.0289. The van der Waals surface area contributed by atoms with Crippen LogP contribution in [0, 0.1) is 0 Å². The molecule has 0 atom stereocenters. The number of sulfonamides is 1. The second kappa shape index (κ2) is 10.5. The first kappa shape index (κ1) is 23.6. The first-order chi connectivity index (χ1) is 14.8. The summed E-state index contributed by atoms with van der Waals surface area (Å²) in [4.78, 5) is 26.6. The number of hydrogen-bond donors (Lipinski definition) is 2. The lowest BCUT2D eigenvalue weighted by molar-refractivity contribution is -0.131. The number of hydrogen-bond acceptors (Lipinski definition) is 4. The van der Waals surface area contributed by atoms with Gasteiger partial charge in [-0.3, -0.25) is 4.79 Å². The Morgan fingerprint density at radius 1 is 0.968 bits per heavy atom. The van der Waals surface area contributed by atoms with Crippen LogP contribution in [0.4, 0.5) is 10.5 Å². The molecule has 0 saturated carbocycles. The number of carbonyl (C=O) groups is 2. The summed E-state index contributed by atoms with van der Waals surface area (Å²) in [5.74, 6) is -0.276. The molecule has 0 aromatic heterocycles. The molecule has 8 heteroatoms. The number of nitrogens with zero attached hydrogens (tertiary/aromatic N) is 1. The Balaban J connectivity index is 1.56. The predicted molar refractivity (Wildman–Crippen MR) is 123 cm³/mol. The molecular formula is C23H35N3O4S. The van der Waals surface area contributed by atoms with Crippen LogP contribution in [-0.2, 0) is 40.5 Å². The van der Waals surface area contributed by atoms with Crippen molar-refractivity contribution in [2.75, 3.05) is 24.2 Å². The Labute approximate surface area is 186 Å². The van der Waals surface area contributed by atoms with Crippen molar-refractivity contribution < 1.29 is 18.0 Å². The van der Waals surface area contributed by atoms with Crippen molar-refractivity contribution in [3.05, 3.63) is 28.3 Å². The van der Waals surface area contributed by atoms with Crippen molar-refractivity contribution >= 4 is 27.6 Å². The Morgan fingerprint density at radius 3 is 2.10 bits per heavy atom. The zero-order valence-corrected chi connectivity index (χ0v) is 19.6. The smallest absolute Gasteiger partial charge is 0.332 e. The number of nitrogens with one attached hydrogen (secondary N) is 2. The topological polar surface area (TPSA) is 95.6 Å². The average molecular weight is 450 g/mol. The first-order valence-electron chi connectivity index (χ1n) is 11.6. The lowest BCUT2D eigenvalue weighted by Gasteiger charge is -2.21. The molecule has 2 N–H and O–H groups in total. The molecule has 0 unspecified atom stereocenters. The maximum atomic E-state index is 12.5. The van der Waals surface area contributed by atoms with Gasteiger partial charge < -0.3 is 10.2 Å². The molecule has 0 saturated heterocycles. The molecule has 3 rings (SSSR count). The molecule has 1 aromatic rings. The molecule has 3 amide bonds. The van der Waals surface area contributed by atoms with E-state index in [9.17, 15) is 18.0 Å². The van der Waals surface area contributed by atoms with Crippen LogP contribution in [0.3, 0.4) is 0 Å². The van der Waals surface area contributed by atoms with Crippen LogP contribution in [0.5, 0.6) is 0 Å². The Hall–Kier alpha value is -2.09. The van der Waals surface area contributed by atoms with E-state index in [2.05, 4.69) is 16.1 Å². The van der Waals surface area contributed by atoms with Crippen LogP contribution in [0.25, 0.3) is 0 Å². The number of fused-ring (bicyclic) bond motifs is 2. The highest BCUT2D eigenvalue weighted by molar-refractivity contribution is 7.90. The van der Waals surface area contributed by atoms with Gasteiger partial charge in [-0.15, -0.1) is 0 Å². The molecule has 2 aliphatic rings. The van der Waals surface area contributed by atoms with E-state index in [0.29, 0.717) is 13.1 Å². The summed E-state index contributed by atoms with van der Waals surface area (Å²) in [5, 5.41) is 2.85. The van der Waals surface area contributed by atoms with Gasteiger partial charge in [0.1, 0.15) is 0 Å². The number of anilines is 1. The molecule has 172 valence electrons. The maximum absolute atomic E-state index is 12.5. The van der Waals surface area contributed by atoms with Crippen molar-refractivity contribution in [2.45, 2.75) is 78.1 Å². The van der Waals surface area contributed by atoms with Crippen molar-refractivity contribution in [3.63, 3.8) is 0 Å². The quantitative estimate of drug-likeness (QED) is 0.571. The van der Waals surface area contributed by atoms with E-state index in [4.69, 9.17) is 0 Å². The Kier molecular flexibility index (Phi) is 7.97. The molecule has 2 aliphatic carbocycles. The lowest BCUT2D eigenvalue weighted by Crippen LogP contribution is -2.37. The van der Waals surface area contributed by atoms with Gasteiger partial charge in [0, 0.05) is 25.2 Å².